The molecule has 0 aromatic rings. The summed E-state index contributed by atoms with van der Waals surface area (Å²) in [7, 11) is 0. The first-order valence-electron chi connectivity index (χ1n) is 8.01. The highest BCUT2D eigenvalue weighted by atomic mass is 16.2. The molecule has 0 heterocycles. The quantitative estimate of drug-likeness (QED) is 0.850. The fraction of sp³-hybridized carbons (Fsp3) is 0.938. The van der Waals surface area contributed by atoms with Crippen LogP contribution in [0, 0.1) is 17.3 Å². The molecule has 3 unspecified atom stereocenters. The van der Waals surface area contributed by atoms with E-state index in [0.29, 0.717) is 17.9 Å². The standard InChI is InChI=1S/C16H30N2O/c1-4-18(14-9-5-7-12(14)11-17)15(19)13-8-6-10-16(13,2)3/h12-14H,4-11,17H2,1-3H3. The van der Waals surface area contributed by atoms with Crippen LogP contribution >= 0.6 is 0 Å². The van der Waals surface area contributed by atoms with E-state index in [1.165, 1.54) is 25.7 Å². The van der Waals surface area contributed by atoms with Crippen molar-refractivity contribution >= 4 is 5.91 Å². The first-order valence-corrected chi connectivity index (χ1v) is 8.01. The zero-order chi connectivity index (χ0) is 14.0. The van der Waals surface area contributed by atoms with Gasteiger partial charge in [-0.1, -0.05) is 26.7 Å². The first-order chi connectivity index (χ1) is 9.01. The molecule has 2 fully saturated rings. The molecule has 0 aromatic heterocycles. The fourth-order valence-electron chi connectivity index (χ4n) is 4.24. The SMILES string of the molecule is CCN(C(=O)C1CCCC1(C)C)C1CCCC1CN. The molecule has 2 aliphatic carbocycles. The van der Waals surface area contributed by atoms with Crippen molar-refractivity contribution in [3.63, 3.8) is 0 Å². The van der Waals surface area contributed by atoms with Gasteiger partial charge in [0, 0.05) is 18.5 Å². The summed E-state index contributed by atoms with van der Waals surface area (Å²) in [6.07, 6.45) is 7.03. The minimum Gasteiger partial charge on any atom is -0.339 e. The van der Waals surface area contributed by atoms with E-state index in [0.717, 1.165) is 25.9 Å². The Balaban J connectivity index is 2.11. The van der Waals surface area contributed by atoms with Crippen molar-refractivity contribution in [1.29, 1.82) is 0 Å². The van der Waals surface area contributed by atoms with E-state index in [2.05, 4.69) is 25.7 Å². The van der Waals surface area contributed by atoms with Crippen LogP contribution in [0.15, 0.2) is 0 Å². The van der Waals surface area contributed by atoms with E-state index in [1.54, 1.807) is 0 Å². The summed E-state index contributed by atoms with van der Waals surface area (Å²) in [6, 6.07) is 0.402. The van der Waals surface area contributed by atoms with Gasteiger partial charge in [0.1, 0.15) is 0 Å². The molecule has 0 saturated heterocycles. The number of carbonyl (C=O) groups is 1. The Morgan fingerprint density at radius 3 is 2.53 bits per heavy atom. The van der Waals surface area contributed by atoms with Crippen molar-refractivity contribution in [3.8, 4) is 0 Å². The summed E-state index contributed by atoms with van der Waals surface area (Å²) >= 11 is 0. The van der Waals surface area contributed by atoms with Crippen molar-refractivity contribution in [2.75, 3.05) is 13.1 Å². The van der Waals surface area contributed by atoms with Gasteiger partial charge in [-0.2, -0.15) is 0 Å². The summed E-state index contributed by atoms with van der Waals surface area (Å²) in [5.74, 6) is 1.15. The van der Waals surface area contributed by atoms with E-state index in [-0.39, 0.29) is 11.3 Å². The van der Waals surface area contributed by atoms with Crippen LogP contribution in [0.3, 0.4) is 0 Å². The minimum atomic E-state index is 0.182. The summed E-state index contributed by atoms with van der Waals surface area (Å²) in [5.41, 5.74) is 6.07. The summed E-state index contributed by atoms with van der Waals surface area (Å²) in [5, 5.41) is 0. The number of amides is 1. The van der Waals surface area contributed by atoms with E-state index >= 15 is 0 Å². The molecule has 3 heteroatoms. The van der Waals surface area contributed by atoms with Gasteiger partial charge in [-0.3, -0.25) is 4.79 Å². The molecule has 3 nitrogen and oxygen atoms in total. The van der Waals surface area contributed by atoms with E-state index in [4.69, 9.17) is 5.73 Å². The molecule has 2 rings (SSSR count). The summed E-state index contributed by atoms with van der Waals surface area (Å²) in [6.45, 7) is 8.19. The number of nitrogens with zero attached hydrogens (tertiary/aromatic N) is 1. The predicted octanol–water partition coefficient (Wildman–Crippen LogP) is 2.79. The second-order valence-electron chi connectivity index (χ2n) is 7.05. The predicted molar refractivity (Wildman–Crippen MR) is 78.7 cm³/mol. The molecular formula is C16H30N2O. The van der Waals surface area contributed by atoms with Crippen LogP contribution in [0.1, 0.15) is 59.3 Å². The number of nitrogens with two attached hydrogens (primary N) is 1. The van der Waals surface area contributed by atoms with Crippen LogP contribution in [0.5, 0.6) is 0 Å². The van der Waals surface area contributed by atoms with E-state index < -0.39 is 0 Å². The van der Waals surface area contributed by atoms with Gasteiger partial charge in [0.15, 0.2) is 0 Å². The van der Waals surface area contributed by atoms with Crippen LogP contribution in [0.2, 0.25) is 0 Å². The van der Waals surface area contributed by atoms with Gasteiger partial charge in [-0.05, 0) is 50.5 Å². The third kappa shape index (κ3) is 2.81. The van der Waals surface area contributed by atoms with Gasteiger partial charge < -0.3 is 10.6 Å². The Labute approximate surface area is 117 Å². The van der Waals surface area contributed by atoms with Crippen molar-refractivity contribution in [3.05, 3.63) is 0 Å². The van der Waals surface area contributed by atoms with Gasteiger partial charge in [-0.15, -0.1) is 0 Å². The van der Waals surface area contributed by atoms with Crippen LogP contribution in [-0.4, -0.2) is 29.9 Å². The lowest BCUT2D eigenvalue weighted by Crippen LogP contribution is -2.48. The van der Waals surface area contributed by atoms with Gasteiger partial charge in [-0.25, -0.2) is 0 Å². The topological polar surface area (TPSA) is 46.3 Å². The maximum atomic E-state index is 12.9. The highest BCUT2D eigenvalue weighted by Crippen LogP contribution is 2.44. The highest BCUT2D eigenvalue weighted by Gasteiger charge is 2.43. The lowest BCUT2D eigenvalue weighted by molar-refractivity contribution is -0.141. The molecule has 0 aliphatic heterocycles. The molecule has 0 radical (unpaired) electrons. The van der Waals surface area contributed by atoms with Crippen molar-refractivity contribution < 1.29 is 4.79 Å². The lowest BCUT2D eigenvalue weighted by atomic mass is 9.80. The van der Waals surface area contributed by atoms with Crippen molar-refractivity contribution in [2.24, 2.45) is 23.0 Å². The molecule has 2 N–H and O–H groups in total. The smallest absolute Gasteiger partial charge is 0.226 e. The van der Waals surface area contributed by atoms with Gasteiger partial charge >= 0.3 is 0 Å². The molecule has 0 bridgehead atoms. The zero-order valence-corrected chi connectivity index (χ0v) is 12.8. The monoisotopic (exact) mass is 266 g/mol. The molecule has 110 valence electrons. The second kappa shape index (κ2) is 5.82. The van der Waals surface area contributed by atoms with E-state index in [9.17, 15) is 4.79 Å². The molecule has 2 saturated carbocycles. The Kier molecular flexibility index (Phi) is 4.54. The maximum absolute atomic E-state index is 12.9. The first kappa shape index (κ1) is 14.8. The Bertz CT molecular complexity index is 327. The molecule has 2 aliphatic rings. The molecule has 19 heavy (non-hydrogen) atoms. The maximum Gasteiger partial charge on any atom is 0.226 e. The largest absolute Gasteiger partial charge is 0.339 e. The second-order valence-corrected chi connectivity index (χ2v) is 7.05. The Morgan fingerprint density at radius 1 is 1.26 bits per heavy atom. The number of hydrogen-bond donors (Lipinski definition) is 1. The highest BCUT2D eigenvalue weighted by molar-refractivity contribution is 5.80. The molecular weight excluding hydrogens is 236 g/mol. The Hall–Kier alpha value is -0.570. The molecule has 1 amide bonds. The van der Waals surface area contributed by atoms with Crippen molar-refractivity contribution in [2.45, 2.75) is 65.3 Å². The normalized spacial score (nSPS) is 33.6. The molecule has 3 atom stereocenters. The van der Waals surface area contributed by atoms with Crippen LogP contribution in [-0.2, 0) is 4.79 Å². The van der Waals surface area contributed by atoms with Crippen LogP contribution in [0.4, 0.5) is 0 Å². The van der Waals surface area contributed by atoms with Gasteiger partial charge in [0.2, 0.25) is 5.91 Å². The third-order valence-corrected chi connectivity index (χ3v) is 5.50. The van der Waals surface area contributed by atoms with Gasteiger partial charge in [0.05, 0.1) is 0 Å². The average Bonchev–Trinajstić information content (AvgIpc) is 2.96. The van der Waals surface area contributed by atoms with Crippen molar-refractivity contribution in [1.82, 2.24) is 4.90 Å². The summed E-state index contributed by atoms with van der Waals surface area (Å²) < 4.78 is 0. The minimum absolute atomic E-state index is 0.182. The molecule has 0 spiro atoms. The third-order valence-electron chi connectivity index (χ3n) is 5.50. The van der Waals surface area contributed by atoms with E-state index in [1.807, 2.05) is 0 Å². The lowest BCUT2D eigenvalue weighted by Gasteiger charge is -2.37. The summed E-state index contributed by atoms with van der Waals surface area (Å²) in [4.78, 5) is 15.1. The number of hydrogen-bond acceptors (Lipinski definition) is 2. The number of carbonyl (C=O) groups excluding carboxylic acids is 1. The zero-order valence-electron chi connectivity index (χ0n) is 12.8. The average molecular weight is 266 g/mol. The fourth-order valence-corrected chi connectivity index (χ4v) is 4.24. The molecule has 0 aromatic carbocycles. The Morgan fingerprint density at radius 2 is 2.00 bits per heavy atom. The van der Waals surface area contributed by atoms with Gasteiger partial charge in [0.25, 0.3) is 0 Å². The van der Waals surface area contributed by atoms with Crippen LogP contribution in [0.25, 0.3) is 0 Å². The van der Waals surface area contributed by atoms with Crippen LogP contribution < -0.4 is 5.73 Å². The number of rotatable bonds is 4.